The summed E-state index contributed by atoms with van der Waals surface area (Å²) in [4.78, 5) is 27.6. The van der Waals surface area contributed by atoms with Crippen molar-refractivity contribution >= 4 is 33.1 Å². The molecule has 0 aliphatic carbocycles. The van der Waals surface area contributed by atoms with E-state index < -0.39 is 10.8 Å². The van der Waals surface area contributed by atoms with Gasteiger partial charge in [0, 0.05) is 24.2 Å². The maximum absolute atomic E-state index is 12.5. The van der Waals surface area contributed by atoms with Crippen LogP contribution in [0.15, 0.2) is 41.4 Å². The van der Waals surface area contributed by atoms with Crippen LogP contribution < -0.4 is 4.80 Å². The molecule has 0 fully saturated rings. The average Bonchev–Trinajstić information content (AvgIpc) is 2.91. The topological polar surface area (TPSA) is 77.5 Å². The summed E-state index contributed by atoms with van der Waals surface area (Å²) in [6, 6.07) is 9.83. The molecule has 0 spiro atoms. The van der Waals surface area contributed by atoms with E-state index in [4.69, 9.17) is 0 Å². The van der Waals surface area contributed by atoms with Crippen molar-refractivity contribution < 1.29 is 9.72 Å². The first-order valence-corrected chi connectivity index (χ1v) is 8.66. The first kappa shape index (κ1) is 17.0. The maximum atomic E-state index is 12.5. The summed E-state index contributed by atoms with van der Waals surface area (Å²) >= 11 is 1.45. The molecular formula is C18H17N3O3S. The van der Waals surface area contributed by atoms with Crippen LogP contribution in [0.2, 0.25) is 0 Å². The third-order valence-electron chi connectivity index (χ3n) is 4.12. The molecule has 7 heteroatoms. The second-order valence-electron chi connectivity index (χ2n) is 5.76. The molecule has 0 bridgehead atoms. The molecule has 0 aliphatic heterocycles. The number of fused-ring (bicyclic) bond motifs is 1. The van der Waals surface area contributed by atoms with Crippen LogP contribution in [-0.2, 0) is 6.54 Å². The predicted molar refractivity (Wildman–Crippen MR) is 98.0 cm³/mol. The van der Waals surface area contributed by atoms with Crippen LogP contribution >= 0.6 is 11.3 Å². The van der Waals surface area contributed by atoms with Gasteiger partial charge in [-0.05, 0) is 50.1 Å². The van der Waals surface area contributed by atoms with E-state index >= 15 is 0 Å². The number of aryl methyl sites for hydroxylation is 3. The first-order chi connectivity index (χ1) is 11.9. The molecule has 0 unspecified atom stereocenters. The van der Waals surface area contributed by atoms with E-state index in [0.29, 0.717) is 11.3 Å². The molecule has 0 saturated carbocycles. The number of nitrogens with zero attached hydrogens (tertiary/aromatic N) is 3. The summed E-state index contributed by atoms with van der Waals surface area (Å²) in [6.45, 7) is 6.79. The minimum absolute atomic E-state index is 0.119. The monoisotopic (exact) mass is 355 g/mol. The number of aromatic nitrogens is 1. The van der Waals surface area contributed by atoms with Crippen molar-refractivity contribution in [3.8, 4) is 0 Å². The molecule has 1 amide bonds. The van der Waals surface area contributed by atoms with Gasteiger partial charge in [0.25, 0.3) is 11.6 Å². The quantitative estimate of drug-likeness (QED) is 0.526. The Bertz CT molecular complexity index is 1060. The van der Waals surface area contributed by atoms with Crippen molar-refractivity contribution in [2.75, 3.05) is 0 Å². The van der Waals surface area contributed by atoms with Crippen molar-refractivity contribution in [1.82, 2.24) is 4.57 Å². The lowest BCUT2D eigenvalue weighted by Crippen LogP contribution is -2.16. The Morgan fingerprint density at radius 3 is 2.64 bits per heavy atom. The summed E-state index contributed by atoms with van der Waals surface area (Å²) in [6.07, 6.45) is 0. The van der Waals surface area contributed by atoms with Gasteiger partial charge in [0.2, 0.25) is 0 Å². The molecule has 0 radical (unpaired) electrons. The molecule has 0 aliphatic rings. The van der Waals surface area contributed by atoms with Crippen LogP contribution in [0.4, 0.5) is 5.69 Å². The number of rotatable bonds is 3. The zero-order valence-electron chi connectivity index (χ0n) is 14.1. The van der Waals surface area contributed by atoms with E-state index in [1.165, 1.54) is 46.7 Å². The number of nitro benzene ring substituents is 1. The van der Waals surface area contributed by atoms with Crippen molar-refractivity contribution in [2.24, 2.45) is 4.99 Å². The minimum atomic E-state index is -0.520. The van der Waals surface area contributed by atoms with Crippen LogP contribution in [0.1, 0.15) is 28.4 Å². The van der Waals surface area contributed by atoms with Crippen LogP contribution in [0.25, 0.3) is 10.2 Å². The van der Waals surface area contributed by atoms with Gasteiger partial charge in [-0.3, -0.25) is 14.9 Å². The molecule has 128 valence electrons. The van der Waals surface area contributed by atoms with Crippen molar-refractivity contribution in [3.63, 3.8) is 0 Å². The summed E-state index contributed by atoms with van der Waals surface area (Å²) in [7, 11) is 0. The second kappa shape index (κ2) is 6.60. The number of carbonyl (C=O) groups is 1. The molecule has 1 aromatic heterocycles. The number of thiazole rings is 1. The number of amides is 1. The summed E-state index contributed by atoms with van der Waals surface area (Å²) in [5.74, 6) is -0.481. The van der Waals surface area contributed by atoms with Gasteiger partial charge < -0.3 is 4.57 Å². The van der Waals surface area contributed by atoms with Gasteiger partial charge in [-0.15, -0.1) is 0 Å². The third-order valence-corrected chi connectivity index (χ3v) is 5.16. The van der Waals surface area contributed by atoms with E-state index in [2.05, 4.69) is 31.0 Å². The highest BCUT2D eigenvalue weighted by atomic mass is 32.1. The van der Waals surface area contributed by atoms with E-state index in [9.17, 15) is 14.9 Å². The lowest BCUT2D eigenvalue weighted by atomic mass is 10.1. The van der Waals surface area contributed by atoms with Gasteiger partial charge in [-0.2, -0.15) is 4.99 Å². The molecule has 3 aromatic rings. The maximum Gasteiger partial charge on any atom is 0.279 e. The number of nitro groups is 1. The van der Waals surface area contributed by atoms with Crippen molar-refractivity contribution in [2.45, 2.75) is 27.3 Å². The zero-order chi connectivity index (χ0) is 18.1. The van der Waals surface area contributed by atoms with E-state index in [1.54, 1.807) is 0 Å². The van der Waals surface area contributed by atoms with E-state index in [1.807, 2.05) is 11.5 Å². The minimum Gasteiger partial charge on any atom is -0.317 e. The predicted octanol–water partition coefficient (Wildman–Crippen LogP) is 3.99. The molecule has 6 nitrogen and oxygen atoms in total. The summed E-state index contributed by atoms with van der Waals surface area (Å²) in [5.41, 5.74) is 3.51. The molecule has 0 N–H and O–H groups in total. The van der Waals surface area contributed by atoms with Gasteiger partial charge in [0.1, 0.15) is 0 Å². The molecular weight excluding hydrogens is 338 g/mol. The van der Waals surface area contributed by atoms with Gasteiger partial charge in [-0.1, -0.05) is 17.4 Å². The lowest BCUT2D eigenvalue weighted by Gasteiger charge is -2.03. The van der Waals surface area contributed by atoms with Crippen molar-refractivity contribution in [1.29, 1.82) is 0 Å². The van der Waals surface area contributed by atoms with Crippen molar-refractivity contribution in [3.05, 3.63) is 68.0 Å². The van der Waals surface area contributed by atoms with E-state index in [0.717, 1.165) is 10.2 Å². The molecule has 1 heterocycles. The smallest absolute Gasteiger partial charge is 0.279 e. The zero-order valence-corrected chi connectivity index (χ0v) is 15.0. The molecule has 2 aromatic carbocycles. The Labute approximate surface area is 148 Å². The van der Waals surface area contributed by atoms with Gasteiger partial charge in [0.05, 0.1) is 15.1 Å². The standard InChI is InChI=1S/C18H17N3O3S/c1-4-20-15-8-11(2)12(3)9-16(15)25-18(20)19-17(22)13-6-5-7-14(10-13)21(23)24/h5-10H,4H2,1-3H3. The molecule has 3 rings (SSSR count). The number of benzene rings is 2. The normalized spacial score (nSPS) is 11.9. The molecule has 0 saturated heterocycles. The van der Waals surface area contributed by atoms with Crippen LogP contribution in [-0.4, -0.2) is 15.4 Å². The highest BCUT2D eigenvalue weighted by molar-refractivity contribution is 7.16. The Hall–Kier alpha value is -2.80. The fourth-order valence-electron chi connectivity index (χ4n) is 2.62. The third kappa shape index (κ3) is 3.23. The summed E-state index contributed by atoms with van der Waals surface area (Å²) in [5, 5.41) is 10.9. The van der Waals surface area contributed by atoms with Crippen LogP contribution in [0.5, 0.6) is 0 Å². The molecule has 25 heavy (non-hydrogen) atoms. The Balaban J connectivity index is 2.13. The molecule has 0 atom stereocenters. The van der Waals surface area contributed by atoms with Gasteiger partial charge in [-0.25, -0.2) is 0 Å². The van der Waals surface area contributed by atoms with Gasteiger partial charge >= 0.3 is 0 Å². The fourth-order valence-corrected chi connectivity index (χ4v) is 3.79. The first-order valence-electron chi connectivity index (χ1n) is 7.84. The highest BCUT2D eigenvalue weighted by Crippen LogP contribution is 2.22. The fraction of sp³-hybridized carbons (Fsp3) is 0.222. The van der Waals surface area contributed by atoms with Crippen LogP contribution in [0.3, 0.4) is 0 Å². The largest absolute Gasteiger partial charge is 0.317 e. The Morgan fingerprint density at radius 1 is 1.24 bits per heavy atom. The number of non-ortho nitro benzene ring substituents is 1. The highest BCUT2D eigenvalue weighted by Gasteiger charge is 2.12. The van der Waals surface area contributed by atoms with Crippen LogP contribution in [0, 0.1) is 24.0 Å². The second-order valence-corrected chi connectivity index (χ2v) is 6.77. The Kier molecular flexibility index (Phi) is 4.50. The Morgan fingerprint density at radius 2 is 1.96 bits per heavy atom. The van der Waals surface area contributed by atoms with E-state index in [-0.39, 0.29) is 11.3 Å². The number of hydrogen-bond donors (Lipinski definition) is 0. The lowest BCUT2D eigenvalue weighted by molar-refractivity contribution is -0.384. The van der Waals surface area contributed by atoms with Gasteiger partial charge in [0.15, 0.2) is 4.80 Å². The summed E-state index contributed by atoms with van der Waals surface area (Å²) < 4.78 is 3.05. The number of hydrogen-bond acceptors (Lipinski definition) is 4. The SMILES string of the molecule is CCn1c(=NC(=O)c2cccc([N+](=O)[O-])c2)sc2cc(C)c(C)cc21. The number of carbonyl (C=O) groups excluding carboxylic acids is 1. The average molecular weight is 355 g/mol.